The summed E-state index contributed by atoms with van der Waals surface area (Å²) in [6.07, 6.45) is 21.4. The molecule has 24 heavy (non-hydrogen) atoms. The number of aromatic nitrogens is 2. The van der Waals surface area contributed by atoms with Crippen LogP contribution in [0.1, 0.15) is 123 Å². The SMILES string of the molecule is CCCCCCCCCCCCCc1n(C(C)C)cc[n+]1C(C)C. The zero-order chi connectivity index (χ0) is 17.8. The molecule has 0 N–H and O–H groups in total. The maximum atomic E-state index is 2.45. The molecule has 2 heteroatoms. The highest BCUT2D eigenvalue weighted by Crippen LogP contribution is 2.14. The van der Waals surface area contributed by atoms with Crippen molar-refractivity contribution in [2.45, 2.75) is 124 Å². The first kappa shape index (κ1) is 21.3. The Labute approximate surface area is 151 Å². The van der Waals surface area contributed by atoms with E-state index in [1.165, 1.54) is 82.9 Å². The van der Waals surface area contributed by atoms with Gasteiger partial charge in [-0.15, -0.1) is 0 Å². The molecule has 0 fully saturated rings. The molecule has 0 radical (unpaired) electrons. The van der Waals surface area contributed by atoms with E-state index in [1.54, 1.807) is 0 Å². The van der Waals surface area contributed by atoms with Gasteiger partial charge in [-0.05, 0) is 34.1 Å². The minimum atomic E-state index is 0.563. The minimum absolute atomic E-state index is 0.563. The lowest BCUT2D eigenvalue weighted by molar-refractivity contribution is -0.722. The van der Waals surface area contributed by atoms with E-state index in [4.69, 9.17) is 0 Å². The molecule has 0 aliphatic heterocycles. The summed E-state index contributed by atoms with van der Waals surface area (Å²) in [5, 5.41) is 0. The molecule has 1 aromatic heterocycles. The third-order valence-corrected chi connectivity index (χ3v) is 5.10. The van der Waals surface area contributed by atoms with E-state index in [2.05, 4.69) is 56.1 Å². The Balaban J connectivity index is 2.16. The second-order valence-corrected chi connectivity index (χ2v) is 8.00. The van der Waals surface area contributed by atoms with Crippen LogP contribution in [0.4, 0.5) is 0 Å². The minimum Gasteiger partial charge on any atom is -0.232 e. The Morgan fingerprint density at radius 2 is 1.29 bits per heavy atom. The fourth-order valence-electron chi connectivity index (χ4n) is 3.59. The maximum Gasteiger partial charge on any atom is 0.256 e. The quantitative estimate of drug-likeness (QED) is 0.261. The highest BCUT2D eigenvalue weighted by atomic mass is 15.2. The highest BCUT2D eigenvalue weighted by molar-refractivity contribution is 4.87. The number of imidazole rings is 1. The van der Waals surface area contributed by atoms with Gasteiger partial charge in [-0.3, -0.25) is 0 Å². The Hall–Kier alpha value is -0.790. The van der Waals surface area contributed by atoms with Gasteiger partial charge in [0, 0.05) is 6.42 Å². The predicted octanol–water partition coefficient (Wildman–Crippen LogP) is 6.79. The molecule has 2 nitrogen and oxygen atoms in total. The Morgan fingerprint density at radius 3 is 1.75 bits per heavy atom. The number of hydrogen-bond acceptors (Lipinski definition) is 0. The monoisotopic (exact) mass is 335 g/mol. The first-order valence-electron chi connectivity index (χ1n) is 10.7. The van der Waals surface area contributed by atoms with Gasteiger partial charge in [-0.1, -0.05) is 71.1 Å². The Morgan fingerprint density at radius 1 is 0.792 bits per heavy atom. The van der Waals surface area contributed by atoms with E-state index in [0.717, 1.165) is 0 Å². The molecule has 0 aromatic carbocycles. The fraction of sp³-hybridized carbons (Fsp3) is 0.864. The third-order valence-electron chi connectivity index (χ3n) is 5.10. The van der Waals surface area contributed by atoms with Crippen LogP contribution in [-0.4, -0.2) is 4.57 Å². The fourth-order valence-corrected chi connectivity index (χ4v) is 3.59. The van der Waals surface area contributed by atoms with Crippen molar-refractivity contribution in [3.8, 4) is 0 Å². The third kappa shape index (κ3) is 7.85. The Kier molecular flexibility index (Phi) is 11.1. The smallest absolute Gasteiger partial charge is 0.232 e. The largest absolute Gasteiger partial charge is 0.256 e. The van der Waals surface area contributed by atoms with Crippen molar-refractivity contribution in [1.29, 1.82) is 0 Å². The first-order valence-corrected chi connectivity index (χ1v) is 10.7. The second-order valence-electron chi connectivity index (χ2n) is 8.00. The van der Waals surface area contributed by atoms with Gasteiger partial charge in [0.1, 0.15) is 12.4 Å². The van der Waals surface area contributed by atoms with E-state index in [9.17, 15) is 0 Å². The van der Waals surface area contributed by atoms with Crippen molar-refractivity contribution < 1.29 is 4.57 Å². The molecule has 0 atom stereocenters. The van der Waals surface area contributed by atoms with Gasteiger partial charge in [-0.2, -0.15) is 0 Å². The van der Waals surface area contributed by atoms with E-state index in [-0.39, 0.29) is 0 Å². The summed E-state index contributed by atoms with van der Waals surface area (Å²) in [6.45, 7) is 11.4. The molecule has 0 saturated carbocycles. The van der Waals surface area contributed by atoms with Gasteiger partial charge in [-0.25, -0.2) is 9.13 Å². The van der Waals surface area contributed by atoms with Crippen molar-refractivity contribution in [3.05, 3.63) is 18.2 Å². The standard InChI is InChI=1S/C22H43N2/c1-6-7-8-9-10-11-12-13-14-15-16-17-22-23(20(2)3)18-19-24(22)21(4)5/h18-21H,6-17H2,1-5H3/q+1. The van der Waals surface area contributed by atoms with Gasteiger partial charge in [0.2, 0.25) is 0 Å². The molecular weight excluding hydrogens is 292 g/mol. The van der Waals surface area contributed by atoms with Gasteiger partial charge >= 0.3 is 0 Å². The summed E-state index contributed by atoms with van der Waals surface area (Å²) < 4.78 is 4.91. The maximum absolute atomic E-state index is 2.45. The van der Waals surface area contributed by atoms with Crippen LogP contribution < -0.4 is 4.57 Å². The summed E-state index contributed by atoms with van der Waals surface area (Å²) in [5.74, 6) is 1.51. The average Bonchev–Trinajstić information content (AvgIpc) is 2.97. The molecule has 1 rings (SSSR count). The summed E-state index contributed by atoms with van der Waals surface area (Å²) in [5.41, 5.74) is 0. The number of hydrogen-bond donors (Lipinski definition) is 0. The van der Waals surface area contributed by atoms with Gasteiger partial charge in [0.15, 0.2) is 0 Å². The second kappa shape index (κ2) is 12.6. The normalized spacial score (nSPS) is 11.8. The molecule has 0 aliphatic carbocycles. The first-order chi connectivity index (χ1) is 11.6. The van der Waals surface area contributed by atoms with Crippen molar-refractivity contribution in [2.75, 3.05) is 0 Å². The zero-order valence-corrected chi connectivity index (χ0v) is 17.2. The van der Waals surface area contributed by atoms with Gasteiger partial charge in [0.25, 0.3) is 5.82 Å². The predicted molar refractivity (Wildman–Crippen MR) is 106 cm³/mol. The lowest BCUT2D eigenvalue weighted by Crippen LogP contribution is -2.39. The van der Waals surface area contributed by atoms with Crippen LogP contribution in [0.25, 0.3) is 0 Å². The van der Waals surface area contributed by atoms with Crippen LogP contribution >= 0.6 is 0 Å². The molecule has 1 aromatic rings. The van der Waals surface area contributed by atoms with Crippen molar-refractivity contribution in [1.82, 2.24) is 4.57 Å². The highest BCUT2D eigenvalue weighted by Gasteiger charge is 2.20. The topological polar surface area (TPSA) is 8.81 Å². The molecular formula is C22H43N2+. The van der Waals surface area contributed by atoms with Gasteiger partial charge in [0.05, 0.1) is 12.1 Å². The Bertz CT molecular complexity index is 392. The van der Waals surface area contributed by atoms with Gasteiger partial charge < -0.3 is 0 Å². The molecule has 0 spiro atoms. The summed E-state index contributed by atoms with van der Waals surface area (Å²) in [4.78, 5) is 0. The van der Waals surface area contributed by atoms with E-state index in [1.807, 2.05) is 0 Å². The summed E-state index contributed by atoms with van der Waals surface area (Å²) in [6, 6.07) is 1.13. The van der Waals surface area contributed by atoms with Crippen LogP contribution in [0.2, 0.25) is 0 Å². The van der Waals surface area contributed by atoms with E-state index in [0.29, 0.717) is 12.1 Å². The van der Waals surface area contributed by atoms with Crippen LogP contribution in [0.3, 0.4) is 0 Å². The van der Waals surface area contributed by atoms with Crippen LogP contribution in [0, 0.1) is 0 Å². The number of rotatable bonds is 14. The molecule has 140 valence electrons. The van der Waals surface area contributed by atoms with Crippen LogP contribution in [0.15, 0.2) is 12.4 Å². The van der Waals surface area contributed by atoms with Crippen LogP contribution in [-0.2, 0) is 6.42 Å². The molecule has 0 amide bonds. The van der Waals surface area contributed by atoms with Crippen molar-refractivity contribution in [2.24, 2.45) is 0 Å². The lowest BCUT2D eigenvalue weighted by atomic mass is 10.1. The molecule has 0 aliphatic rings. The molecule has 0 bridgehead atoms. The van der Waals surface area contributed by atoms with Crippen molar-refractivity contribution in [3.63, 3.8) is 0 Å². The average molecular weight is 336 g/mol. The zero-order valence-electron chi connectivity index (χ0n) is 17.2. The molecule has 0 saturated heterocycles. The van der Waals surface area contributed by atoms with E-state index >= 15 is 0 Å². The van der Waals surface area contributed by atoms with Crippen molar-refractivity contribution >= 4 is 0 Å². The lowest BCUT2D eigenvalue weighted by Gasteiger charge is -2.09. The van der Waals surface area contributed by atoms with Crippen LogP contribution in [0.5, 0.6) is 0 Å². The number of unbranched alkanes of at least 4 members (excludes halogenated alkanes) is 10. The molecule has 1 heterocycles. The van der Waals surface area contributed by atoms with E-state index < -0.39 is 0 Å². The molecule has 0 unspecified atom stereocenters. The summed E-state index contributed by atoms with van der Waals surface area (Å²) >= 11 is 0. The summed E-state index contributed by atoms with van der Waals surface area (Å²) in [7, 11) is 0. The number of nitrogens with zero attached hydrogens (tertiary/aromatic N) is 2.